The smallest absolute Gasteiger partial charge is 0.0753 e. The van der Waals surface area contributed by atoms with Crippen molar-refractivity contribution >= 4 is 11.3 Å². The maximum atomic E-state index is 5.77. The van der Waals surface area contributed by atoms with Crippen molar-refractivity contribution in [1.29, 1.82) is 0 Å². The number of ether oxygens (including phenoxy) is 1. The lowest BCUT2D eigenvalue weighted by Gasteiger charge is -2.37. The predicted molar refractivity (Wildman–Crippen MR) is 86.2 cm³/mol. The van der Waals surface area contributed by atoms with Crippen molar-refractivity contribution < 1.29 is 4.74 Å². The minimum absolute atomic E-state index is 0.00282. The zero-order valence-electron chi connectivity index (χ0n) is 13.2. The largest absolute Gasteiger partial charge is 0.373 e. The number of hydrogen-bond donors (Lipinski definition) is 1. The average Bonchev–Trinajstić information content (AvgIpc) is 2.75. The maximum absolute atomic E-state index is 5.77. The summed E-state index contributed by atoms with van der Waals surface area (Å²) in [5.74, 6) is 0.713. The molecule has 0 aliphatic carbocycles. The van der Waals surface area contributed by atoms with Crippen molar-refractivity contribution in [3.63, 3.8) is 0 Å². The van der Waals surface area contributed by atoms with Crippen molar-refractivity contribution in [3.8, 4) is 0 Å². The molecule has 1 aromatic heterocycles. The molecule has 4 heteroatoms. The highest BCUT2D eigenvalue weighted by atomic mass is 32.1. The third kappa shape index (κ3) is 5.17. The van der Waals surface area contributed by atoms with Gasteiger partial charge in [0.1, 0.15) is 0 Å². The van der Waals surface area contributed by atoms with Gasteiger partial charge in [-0.3, -0.25) is 4.90 Å². The van der Waals surface area contributed by atoms with E-state index in [0.717, 1.165) is 39.3 Å². The van der Waals surface area contributed by atoms with Gasteiger partial charge in [-0.25, -0.2) is 0 Å². The Labute approximate surface area is 127 Å². The number of rotatable bonds is 6. The van der Waals surface area contributed by atoms with Crippen molar-refractivity contribution in [1.82, 2.24) is 10.2 Å². The lowest BCUT2D eigenvalue weighted by atomic mass is 10.1. The molecule has 0 atom stereocenters. The van der Waals surface area contributed by atoms with E-state index >= 15 is 0 Å². The van der Waals surface area contributed by atoms with E-state index in [0.29, 0.717) is 5.92 Å². The molecular weight excluding hydrogens is 268 g/mol. The molecule has 2 rings (SSSR count). The fourth-order valence-corrected chi connectivity index (χ4v) is 3.59. The predicted octanol–water partition coefficient (Wildman–Crippen LogP) is 3.10. The van der Waals surface area contributed by atoms with Gasteiger partial charge in [0.25, 0.3) is 0 Å². The van der Waals surface area contributed by atoms with E-state index < -0.39 is 0 Å². The minimum Gasteiger partial charge on any atom is -0.373 e. The summed E-state index contributed by atoms with van der Waals surface area (Å²) in [7, 11) is 0. The summed E-state index contributed by atoms with van der Waals surface area (Å²) in [4.78, 5) is 5.40. The summed E-state index contributed by atoms with van der Waals surface area (Å²) in [5, 5.41) is 3.51. The highest BCUT2D eigenvalue weighted by molar-refractivity contribution is 7.11. The summed E-state index contributed by atoms with van der Waals surface area (Å²) in [6.07, 6.45) is 0. The van der Waals surface area contributed by atoms with Crippen molar-refractivity contribution in [2.75, 3.05) is 26.2 Å². The average molecular weight is 296 g/mol. The van der Waals surface area contributed by atoms with E-state index in [-0.39, 0.29) is 5.60 Å². The Balaban J connectivity index is 1.80. The van der Waals surface area contributed by atoms with Gasteiger partial charge >= 0.3 is 0 Å². The third-order valence-corrected chi connectivity index (χ3v) is 4.52. The van der Waals surface area contributed by atoms with Gasteiger partial charge in [0.15, 0.2) is 0 Å². The Morgan fingerprint density at radius 1 is 1.35 bits per heavy atom. The van der Waals surface area contributed by atoms with E-state index in [2.05, 4.69) is 50.0 Å². The summed E-state index contributed by atoms with van der Waals surface area (Å²) in [6.45, 7) is 14.9. The monoisotopic (exact) mass is 296 g/mol. The number of morpholine rings is 1. The zero-order valence-corrected chi connectivity index (χ0v) is 14.1. The van der Waals surface area contributed by atoms with E-state index in [4.69, 9.17) is 4.74 Å². The first-order chi connectivity index (χ1) is 9.44. The molecule has 1 N–H and O–H groups in total. The van der Waals surface area contributed by atoms with Crippen molar-refractivity contribution in [2.24, 2.45) is 5.92 Å². The van der Waals surface area contributed by atoms with E-state index in [1.807, 2.05) is 11.3 Å². The van der Waals surface area contributed by atoms with Gasteiger partial charge in [0.05, 0.1) is 12.2 Å². The van der Waals surface area contributed by atoms with Gasteiger partial charge in [0, 0.05) is 35.9 Å². The second kappa shape index (κ2) is 7.03. The van der Waals surface area contributed by atoms with Crippen LogP contribution in [0.1, 0.15) is 37.4 Å². The SMILES string of the molecule is CC(C)CNCc1ccc(CN2CCOC(C)(C)C2)s1. The lowest BCUT2D eigenvalue weighted by molar-refractivity contribution is -0.0880. The Morgan fingerprint density at radius 3 is 2.80 bits per heavy atom. The standard InChI is InChI=1S/C16H28N2OS/c1-13(2)9-17-10-14-5-6-15(20-14)11-18-7-8-19-16(3,4)12-18/h5-6,13,17H,7-12H2,1-4H3. The maximum Gasteiger partial charge on any atom is 0.0753 e. The molecule has 1 aliphatic rings. The number of thiophene rings is 1. The summed E-state index contributed by atoms with van der Waals surface area (Å²) in [6, 6.07) is 4.54. The van der Waals surface area contributed by atoms with E-state index in [1.165, 1.54) is 9.75 Å². The molecule has 3 nitrogen and oxygen atoms in total. The first-order valence-electron chi connectivity index (χ1n) is 7.59. The Kier molecular flexibility index (Phi) is 5.61. The van der Waals surface area contributed by atoms with Crippen LogP contribution < -0.4 is 5.32 Å². The molecule has 0 spiro atoms. The molecule has 0 amide bonds. The molecule has 0 unspecified atom stereocenters. The highest BCUT2D eigenvalue weighted by Crippen LogP contribution is 2.22. The van der Waals surface area contributed by atoms with Gasteiger partial charge in [-0.15, -0.1) is 11.3 Å². The van der Waals surface area contributed by atoms with Crippen LogP contribution in [0, 0.1) is 5.92 Å². The zero-order chi connectivity index (χ0) is 14.6. The van der Waals surface area contributed by atoms with Crippen LogP contribution in [-0.4, -0.2) is 36.7 Å². The van der Waals surface area contributed by atoms with Crippen LogP contribution >= 0.6 is 11.3 Å². The number of hydrogen-bond acceptors (Lipinski definition) is 4. The molecule has 2 heterocycles. The Bertz CT molecular complexity index is 414. The van der Waals surface area contributed by atoms with Crippen LogP contribution in [0.4, 0.5) is 0 Å². The molecule has 1 aromatic rings. The molecule has 1 saturated heterocycles. The van der Waals surface area contributed by atoms with Crippen LogP contribution in [0.2, 0.25) is 0 Å². The van der Waals surface area contributed by atoms with Gasteiger partial charge in [-0.05, 0) is 38.4 Å². The van der Waals surface area contributed by atoms with Crippen LogP contribution in [-0.2, 0) is 17.8 Å². The van der Waals surface area contributed by atoms with Crippen molar-refractivity contribution in [3.05, 3.63) is 21.9 Å². The van der Waals surface area contributed by atoms with E-state index in [1.54, 1.807) is 0 Å². The fourth-order valence-electron chi connectivity index (χ4n) is 2.56. The number of nitrogens with zero attached hydrogens (tertiary/aromatic N) is 1. The lowest BCUT2D eigenvalue weighted by Crippen LogP contribution is -2.47. The Morgan fingerprint density at radius 2 is 2.10 bits per heavy atom. The van der Waals surface area contributed by atoms with Crippen LogP contribution in [0.3, 0.4) is 0 Å². The van der Waals surface area contributed by atoms with Gasteiger partial charge in [-0.1, -0.05) is 13.8 Å². The first kappa shape index (κ1) is 16.0. The summed E-state index contributed by atoms with van der Waals surface area (Å²) < 4.78 is 5.77. The molecule has 0 bridgehead atoms. The highest BCUT2D eigenvalue weighted by Gasteiger charge is 2.27. The third-order valence-electron chi connectivity index (χ3n) is 3.45. The summed E-state index contributed by atoms with van der Waals surface area (Å²) in [5.41, 5.74) is -0.00282. The van der Waals surface area contributed by atoms with Gasteiger partial charge in [-0.2, -0.15) is 0 Å². The van der Waals surface area contributed by atoms with Crippen LogP contribution in [0.25, 0.3) is 0 Å². The van der Waals surface area contributed by atoms with Gasteiger partial charge in [0.2, 0.25) is 0 Å². The summed E-state index contributed by atoms with van der Waals surface area (Å²) >= 11 is 1.93. The molecule has 114 valence electrons. The topological polar surface area (TPSA) is 24.5 Å². The fraction of sp³-hybridized carbons (Fsp3) is 0.750. The van der Waals surface area contributed by atoms with E-state index in [9.17, 15) is 0 Å². The molecular formula is C16H28N2OS. The van der Waals surface area contributed by atoms with Crippen LogP contribution in [0.5, 0.6) is 0 Å². The molecule has 20 heavy (non-hydrogen) atoms. The molecule has 0 aromatic carbocycles. The van der Waals surface area contributed by atoms with Crippen LogP contribution in [0.15, 0.2) is 12.1 Å². The van der Waals surface area contributed by atoms with Gasteiger partial charge < -0.3 is 10.1 Å². The second-order valence-electron chi connectivity index (χ2n) is 6.71. The molecule has 0 saturated carbocycles. The Hall–Kier alpha value is -0.420. The number of nitrogens with one attached hydrogen (secondary N) is 1. The van der Waals surface area contributed by atoms with Crippen molar-refractivity contribution in [2.45, 2.75) is 46.4 Å². The molecule has 1 fully saturated rings. The normalized spacial score (nSPS) is 19.6. The first-order valence-corrected chi connectivity index (χ1v) is 8.41. The second-order valence-corrected chi connectivity index (χ2v) is 7.96. The minimum atomic E-state index is -0.00282. The molecule has 0 radical (unpaired) electrons. The molecule has 1 aliphatic heterocycles. The quantitative estimate of drug-likeness (QED) is 0.873.